The van der Waals surface area contributed by atoms with E-state index >= 15 is 0 Å². The topological polar surface area (TPSA) is 108 Å². The van der Waals surface area contributed by atoms with Crippen LogP contribution in [0.2, 0.25) is 0 Å². The minimum Gasteiger partial charge on any atom is -0.370 e. The summed E-state index contributed by atoms with van der Waals surface area (Å²) >= 11 is 0. The van der Waals surface area contributed by atoms with Gasteiger partial charge in [0.1, 0.15) is 11.6 Å². The Kier molecular flexibility index (Phi) is 11.3. The molecule has 2 aromatic heterocycles. The Bertz CT molecular complexity index is 898. The largest absolute Gasteiger partial charge is 0.370 e. The molecular formula is C25H39N7O. The molecule has 0 fully saturated rings. The molecule has 0 unspecified atom stereocenters. The number of hydrogen-bond donors (Lipinski definition) is 4. The molecule has 0 bridgehead atoms. The summed E-state index contributed by atoms with van der Waals surface area (Å²) in [4.78, 5) is 23.2. The van der Waals surface area contributed by atoms with Crippen LogP contribution in [0.3, 0.4) is 0 Å². The smallest absolute Gasteiger partial charge is 0.243 e. The fraction of sp³-hybridized carbons (Fsp3) is 0.480. The third-order valence-electron chi connectivity index (χ3n) is 5.45. The number of carbonyl (C=O) groups is 1. The first-order valence-corrected chi connectivity index (χ1v) is 11.8. The van der Waals surface area contributed by atoms with E-state index in [9.17, 15) is 4.79 Å². The number of aromatic nitrogens is 2. The molecule has 5 N–H and O–H groups in total. The minimum absolute atomic E-state index is 0.226. The Hall–Kier alpha value is -2.97. The number of nitrogens with zero attached hydrogens (tertiary/aromatic N) is 3. The third-order valence-corrected chi connectivity index (χ3v) is 5.45. The van der Waals surface area contributed by atoms with Crippen LogP contribution in [0.15, 0.2) is 48.3 Å². The van der Waals surface area contributed by atoms with Crippen molar-refractivity contribution in [1.82, 2.24) is 20.2 Å². The standard InChI is InChI=1S/C22H30N6O.C3H9N/c1-3-24-20-11-6-12-21(27-20)26-17(14-19(23)29)15-28(4-2)18-10-5-8-16-9-7-13-25-22(16)18;1-3-4-2/h6-7,9,11-14,18H,3-5,8,10,15H2,1-2H3,(H2,23,29)(H2,24,26,27);4H,3H2,1-2H3/b17-14+;/t18-;/m0./s1. The second kappa shape index (κ2) is 14.2. The maximum Gasteiger partial charge on any atom is 0.243 e. The summed E-state index contributed by atoms with van der Waals surface area (Å²) in [6, 6.07) is 10.1. The molecule has 2 aromatic rings. The van der Waals surface area contributed by atoms with E-state index in [1.807, 2.05) is 44.4 Å². The number of hydrogen-bond acceptors (Lipinski definition) is 7. The maximum atomic E-state index is 11.7. The van der Waals surface area contributed by atoms with Gasteiger partial charge in [0.05, 0.1) is 11.7 Å². The first kappa shape index (κ1) is 26.3. The molecule has 1 aliphatic rings. The van der Waals surface area contributed by atoms with Crippen molar-refractivity contribution in [2.45, 2.75) is 46.1 Å². The number of amides is 1. The summed E-state index contributed by atoms with van der Waals surface area (Å²) in [6.07, 6.45) is 6.57. The number of primary amides is 1. The highest BCUT2D eigenvalue weighted by Crippen LogP contribution is 2.33. The molecule has 0 saturated heterocycles. The van der Waals surface area contributed by atoms with Crippen molar-refractivity contribution in [3.63, 3.8) is 0 Å². The highest BCUT2D eigenvalue weighted by atomic mass is 16.1. The molecule has 0 aliphatic heterocycles. The molecule has 8 heteroatoms. The van der Waals surface area contributed by atoms with Crippen LogP contribution in [-0.2, 0) is 11.2 Å². The number of aryl methyl sites for hydroxylation is 1. The van der Waals surface area contributed by atoms with E-state index in [4.69, 9.17) is 5.73 Å². The molecule has 1 aliphatic carbocycles. The lowest BCUT2D eigenvalue weighted by atomic mass is 9.90. The number of likely N-dealkylation sites (N-methyl/N-ethyl adjacent to an activating group) is 1. The Labute approximate surface area is 198 Å². The number of carbonyl (C=O) groups excluding carboxylic acids is 1. The normalized spacial score (nSPS) is 15.3. The maximum absolute atomic E-state index is 11.7. The molecule has 0 spiro atoms. The van der Waals surface area contributed by atoms with Gasteiger partial charge >= 0.3 is 0 Å². The van der Waals surface area contributed by atoms with Crippen molar-refractivity contribution in [3.05, 3.63) is 59.6 Å². The zero-order valence-corrected chi connectivity index (χ0v) is 20.4. The molecule has 3 rings (SSSR count). The summed E-state index contributed by atoms with van der Waals surface area (Å²) in [5.74, 6) is 0.983. The molecule has 0 saturated carbocycles. The van der Waals surface area contributed by atoms with E-state index in [1.54, 1.807) is 0 Å². The number of nitrogens with two attached hydrogens (primary N) is 1. The van der Waals surface area contributed by atoms with Gasteiger partial charge in [0.15, 0.2) is 0 Å². The van der Waals surface area contributed by atoms with Gasteiger partial charge in [0, 0.05) is 31.1 Å². The molecular weight excluding hydrogens is 414 g/mol. The summed E-state index contributed by atoms with van der Waals surface area (Å²) in [5, 5.41) is 9.41. The second-order valence-corrected chi connectivity index (χ2v) is 7.86. The van der Waals surface area contributed by atoms with Crippen LogP contribution in [0.25, 0.3) is 0 Å². The van der Waals surface area contributed by atoms with Crippen molar-refractivity contribution >= 4 is 17.5 Å². The highest BCUT2D eigenvalue weighted by molar-refractivity contribution is 5.87. The summed E-state index contributed by atoms with van der Waals surface area (Å²) in [7, 11) is 1.93. The van der Waals surface area contributed by atoms with Gasteiger partial charge in [-0.2, -0.15) is 0 Å². The number of fused-ring (bicyclic) bond motifs is 1. The van der Waals surface area contributed by atoms with Gasteiger partial charge in [-0.1, -0.05) is 26.0 Å². The second-order valence-electron chi connectivity index (χ2n) is 7.86. The fourth-order valence-electron chi connectivity index (χ4n) is 3.84. The number of anilines is 2. The van der Waals surface area contributed by atoms with E-state index in [-0.39, 0.29) is 6.04 Å². The molecule has 180 valence electrons. The summed E-state index contributed by atoms with van der Waals surface area (Å²) < 4.78 is 0. The van der Waals surface area contributed by atoms with Gasteiger partial charge in [-0.15, -0.1) is 0 Å². The van der Waals surface area contributed by atoms with Crippen LogP contribution in [0.5, 0.6) is 0 Å². The lowest BCUT2D eigenvalue weighted by Crippen LogP contribution is -2.35. The predicted octanol–water partition coefficient (Wildman–Crippen LogP) is 3.31. The first-order valence-electron chi connectivity index (χ1n) is 11.8. The van der Waals surface area contributed by atoms with Crippen molar-refractivity contribution in [2.75, 3.05) is 43.9 Å². The van der Waals surface area contributed by atoms with E-state index in [1.165, 1.54) is 11.6 Å². The molecule has 0 radical (unpaired) electrons. The van der Waals surface area contributed by atoms with Gasteiger partial charge in [-0.3, -0.25) is 14.7 Å². The summed E-state index contributed by atoms with van der Waals surface area (Å²) in [6.45, 7) is 9.48. The van der Waals surface area contributed by atoms with Crippen LogP contribution in [0.4, 0.5) is 11.6 Å². The lowest BCUT2D eigenvalue weighted by molar-refractivity contribution is -0.113. The van der Waals surface area contributed by atoms with Crippen molar-refractivity contribution in [1.29, 1.82) is 0 Å². The predicted molar refractivity (Wildman–Crippen MR) is 136 cm³/mol. The number of pyridine rings is 2. The Morgan fingerprint density at radius 1 is 1.18 bits per heavy atom. The van der Waals surface area contributed by atoms with Gasteiger partial charge in [0.2, 0.25) is 5.91 Å². The van der Waals surface area contributed by atoms with Crippen molar-refractivity contribution in [3.8, 4) is 0 Å². The minimum atomic E-state index is -0.478. The molecule has 0 aromatic carbocycles. The van der Waals surface area contributed by atoms with Crippen LogP contribution < -0.4 is 21.7 Å². The average molecular weight is 454 g/mol. The fourth-order valence-corrected chi connectivity index (χ4v) is 3.84. The van der Waals surface area contributed by atoms with Gasteiger partial charge in [-0.25, -0.2) is 4.98 Å². The lowest BCUT2D eigenvalue weighted by Gasteiger charge is -2.34. The molecule has 33 heavy (non-hydrogen) atoms. The van der Waals surface area contributed by atoms with Crippen LogP contribution in [0, 0.1) is 0 Å². The average Bonchev–Trinajstić information content (AvgIpc) is 2.82. The zero-order valence-electron chi connectivity index (χ0n) is 20.4. The van der Waals surface area contributed by atoms with Crippen LogP contribution >= 0.6 is 0 Å². The third kappa shape index (κ3) is 8.47. The zero-order chi connectivity index (χ0) is 24.1. The summed E-state index contributed by atoms with van der Waals surface area (Å²) in [5.41, 5.74) is 8.66. The van der Waals surface area contributed by atoms with E-state index in [0.29, 0.717) is 12.4 Å². The van der Waals surface area contributed by atoms with Crippen molar-refractivity contribution in [2.24, 2.45) is 5.73 Å². The van der Waals surface area contributed by atoms with Crippen molar-refractivity contribution < 1.29 is 4.79 Å². The van der Waals surface area contributed by atoms with E-state index < -0.39 is 5.91 Å². The van der Waals surface area contributed by atoms with Gasteiger partial charge in [-0.05, 0) is 70.1 Å². The molecule has 1 amide bonds. The number of nitrogens with one attached hydrogen (secondary N) is 3. The quantitative estimate of drug-likeness (QED) is 0.409. The molecule has 1 atom stereocenters. The Morgan fingerprint density at radius 3 is 2.61 bits per heavy atom. The molecule has 2 heterocycles. The Morgan fingerprint density at radius 2 is 1.94 bits per heavy atom. The van der Waals surface area contributed by atoms with Crippen LogP contribution in [-0.4, -0.2) is 54.0 Å². The number of rotatable bonds is 10. The first-order chi connectivity index (χ1) is 16.0. The Balaban J connectivity index is 0.000000890. The monoisotopic (exact) mass is 453 g/mol. The van der Waals surface area contributed by atoms with Crippen LogP contribution in [0.1, 0.15) is 50.9 Å². The van der Waals surface area contributed by atoms with Gasteiger partial charge in [0.25, 0.3) is 0 Å². The highest BCUT2D eigenvalue weighted by Gasteiger charge is 2.26. The molecule has 8 nitrogen and oxygen atoms in total. The van der Waals surface area contributed by atoms with E-state index in [2.05, 4.69) is 50.7 Å². The van der Waals surface area contributed by atoms with E-state index in [0.717, 1.165) is 56.1 Å². The van der Waals surface area contributed by atoms with Gasteiger partial charge < -0.3 is 21.7 Å². The SMILES string of the molecule is CCNC.CCNc1cccc(N/C(=C/C(N)=O)CN(CC)[C@H]2CCCc3cccnc32)n1.